The molecule has 43 heavy (non-hydrogen) atoms. The van der Waals surface area contributed by atoms with Crippen LogP contribution in [-0.2, 0) is 32.1 Å². The van der Waals surface area contributed by atoms with Crippen LogP contribution < -0.4 is 0 Å². The molecule has 0 atom stereocenters. The zero-order valence-corrected chi connectivity index (χ0v) is 24.7. The van der Waals surface area contributed by atoms with Crippen molar-refractivity contribution >= 4 is 0 Å². The van der Waals surface area contributed by atoms with E-state index in [4.69, 9.17) is 0 Å². The lowest BCUT2D eigenvalue weighted by Gasteiger charge is -2.18. The Morgan fingerprint density at radius 3 is 0.744 bits per heavy atom. The number of phenols is 5. The monoisotopic (exact) mass is 572 g/mol. The highest BCUT2D eigenvalue weighted by molar-refractivity contribution is 5.56. The predicted molar refractivity (Wildman–Crippen MR) is 169 cm³/mol. The summed E-state index contributed by atoms with van der Waals surface area (Å²) in [4.78, 5) is 0. The van der Waals surface area contributed by atoms with Crippen LogP contribution in [0.15, 0.2) is 72.8 Å². The fourth-order valence-electron chi connectivity index (χ4n) is 6.50. The topological polar surface area (TPSA) is 101 Å². The smallest absolute Gasteiger partial charge is 0.122 e. The molecule has 5 aromatic rings. The zero-order chi connectivity index (χ0) is 30.4. The number of hydrogen-bond donors (Lipinski definition) is 5. The van der Waals surface area contributed by atoms with Gasteiger partial charge in [0.15, 0.2) is 0 Å². The molecule has 0 radical (unpaired) electrons. The number of benzene rings is 5. The molecule has 10 bridgehead atoms. The van der Waals surface area contributed by atoms with Crippen molar-refractivity contribution in [3.8, 4) is 28.7 Å². The third kappa shape index (κ3) is 5.51. The predicted octanol–water partition coefficient (Wildman–Crippen LogP) is 7.41. The molecule has 0 amide bonds. The van der Waals surface area contributed by atoms with E-state index in [1.165, 1.54) is 0 Å². The Morgan fingerprint density at radius 1 is 0.326 bits per heavy atom. The summed E-state index contributed by atoms with van der Waals surface area (Å²) in [5.74, 6) is 0.676. The van der Waals surface area contributed by atoms with Crippen molar-refractivity contribution in [3.05, 3.63) is 145 Å². The van der Waals surface area contributed by atoms with Gasteiger partial charge in [0.25, 0.3) is 0 Å². The summed E-state index contributed by atoms with van der Waals surface area (Å²) in [6.07, 6.45) is 1.62. The van der Waals surface area contributed by atoms with E-state index in [0.29, 0.717) is 87.7 Å². The molecule has 1 aliphatic rings. The van der Waals surface area contributed by atoms with Gasteiger partial charge in [-0.15, -0.1) is 0 Å². The van der Waals surface area contributed by atoms with E-state index in [-0.39, 0.29) is 28.7 Å². The number of fused-ring (bicyclic) bond motifs is 10. The maximum atomic E-state index is 11.4. The molecule has 5 N–H and O–H groups in total. The van der Waals surface area contributed by atoms with Crippen LogP contribution in [0.2, 0.25) is 0 Å². The molecule has 5 aromatic carbocycles. The van der Waals surface area contributed by atoms with Crippen LogP contribution >= 0.6 is 0 Å². The van der Waals surface area contributed by atoms with Gasteiger partial charge in [-0.3, -0.25) is 0 Å². The van der Waals surface area contributed by atoms with E-state index in [1.54, 1.807) is 0 Å². The van der Waals surface area contributed by atoms with Crippen molar-refractivity contribution in [2.45, 2.75) is 52.9 Å². The van der Waals surface area contributed by atoms with E-state index in [0.717, 1.165) is 16.7 Å². The SMILES string of the molecule is Cc1cc2c(O)c(c1)Cc1cccc(c1O)Cc1cc(C)cc(c1O)Cc1cc(C)cc(c1O)Cc1cccc(c1O)C2. The Labute approximate surface area is 252 Å². The van der Waals surface area contributed by atoms with Crippen LogP contribution in [0.3, 0.4) is 0 Å². The molecule has 0 heterocycles. The number of phenolic OH excluding ortho intramolecular Hbond substituents is 5. The normalized spacial score (nSPS) is 13.0. The molecular formula is C38H36O5. The lowest BCUT2D eigenvalue weighted by molar-refractivity contribution is 0.450. The third-order valence-corrected chi connectivity index (χ3v) is 8.55. The summed E-state index contributed by atoms with van der Waals surface area (Å²) >= 11 is 0. The first-order valence-corrected chi connectivity index (χ1v) is 14.6. The molecule has 218 valence electrons. The molecular weight excluding hydrogens is 536 g/mol. The fourth-order valence-corrected chi connectivity index (χ4v) is 6.50. The zero-order valence-electron chi connectivity index (χ0n) is 24.7. The number of hydrogen-bond acceptors (Lipinski definition) is 5. The van der Waals surface area contributed by atoms with E-state index in [2.05, 4.69) is 0 Å². The molecule has 0 saturated carbocycles. The standard InChI is InChI=1S/C38H36O5/c1-21-10-28-16-24-6-4-8-26(34(24)39)18-30-12-22(2)14-32(37(30)42)20-33-15-23(3)13-31(38(33)43)19-27-9-5-7-25(35(27)40)17-29(11-21)36(28)41/h4-15,39-43H,16-20H2,1-3H3. The molecule has 0 saturated heterocycles. The second-order valence-electron chi connectivity index (χ2n) is 12.0. The molecule has 0 aromatic heterocycles. The van der Waals surface area contributed by atoms with Crippen molar-refractivity contribution in [1.82, 2.24) is 0 Å². The first-order chi connectivity index (χ1) is 20.6. The van der Waals surface area contributed by atoms with Crippen LogP contribution in [0.4, 0.5) is 0 Å². The molecule has 1 aliphatic carbocycles. The molecule has 6 rings (SSSR count). The average Bonchev–Trinajstić information content (AvgIpc) is 2.95. The molecule has 0 fully saturated rings. The molecule has 0 aliphatic heterocycles. The van der Waals surface area contributed by atoms with Gasteiger partial charge < -0.3 is 25.5 Å². The summed E-state index contributed by atoms with van der Waals surface area (Å²) in [5, 5.41) is 56.9. The van der Waals surface area contributed by atoms with E-state index < -0.39 is 0 Å². The minimum absolute atomic E-state index is 0.133. The lowest BCUT2D eigenvalue weighted by Crippen LogP contribution is -2.02. The Balaban J connectivity index is 1.57. The largest absolute Gasteiger partial charge is 0.507 e. The van der Waals surface area contributed by atoms with Crippen LogP contribution in [0.1, 0.15) is 72.3 Å². The van der Waals surface area contributed by atoms with Crippen molar-refractivity contribution in [1.29, 1.82) is 0 Å². The van der Waals surface area contributed by atoms with E-state index in [9.17, 15) is 25.5 Å². The van der Waals surface area contributed by atoms with Crippen molar-refractivity contribution in [2.24, 2.45) is 0 Å². The number of para-hydroxylation sites is 2. The highest BCUT2D eigenvalue weighted by Crippen LogP contribution is 2.38. The van der Waals surface area contributed by atoms with Crippen LogP contribution in [0.25, 0.3) is 0 Å². The lowest BCUT2D eigenvalue weighted by atomic mass is 9.90. The average molecular weight is 573 g/mol. The summed E-state index contributed by atoms with van der Waals surface area (Å²) in [5.41, 5.74) is 9.71. The summed E-state index contributed by atoms with van der Waals surface area (Å²) in [6.45, 7) is 5.90. The van der Waals surface area contributed by atoms with Gasteiger partial charge in [-0.2, -0.15) is 0 Å². The quantitative estimate of drug-likeness (QED) is 0.131. The van der Waals surface area contributed by atoms with Crippen LogP contribution in [-0.4, -0.2) is 25.5 Å². The Bertz CT molecular complexity index is 1750. The second-order valence-corrected chi connectivity index (χ2v) is 12.0. The van der Waals surface area contributed by atoms with Crippen molar-refractivity contribution in [3.63, 3.8) is 0 Å². The summed E-state index contributed by atoms with van der Waals surface area (Å²) < 4.78 is 0. The maximum Gasteiger partial charge on any atom is 0.122 e. The van der Waals surface area contributed by atoms with Gasteiger partial charge in [-0.25, -0.2) is 0 Å². The highest BCUT2D eigenvalue weighted by atomic mass is 16.3. The third-order valence-electron chi connectivity index (χ3n) is 8.55. The van der Waals surface area contributed by atoms with Gasteiger partial charge in [0.1, 0.15) is 28.7 Å². The first-order valence-electron chi connectivity index (χ1n) is 14.6. The Morgan fingerprint density at radius 2 is 0.512 bits per heavy atom. The molecule has 5 nitrogen and oxygen atoms in total. The highest BCUT2D eigenvalue weighted by Gasteiger charge is 2.20. The van der Waals surface area contributed by atoms with Crippen LogP contribution in [0.5, 0.6) is 28.7 Å². The molecule has 0 spiro atoms. The van der Waals surface area contributed by atoms with Crippen molar-refractivity contribution in [2.75, 3.05) is 0 Å². The summed E-state index contributed by atoms with van der Waals surface area (Å²) in [6, 6.07) is 22.7. The van der Waals surface area contributed by atoms with E-state index in [1.807, 2.05) is 93.6 Å². The van der Waals surface area contributed by atoms with Gasteiger partial charge in [-0.1, -0.05) is 89.5 Å². The first kappa shape index (κ1) is 28.2. The van der Waals surface area contributed by atoms with Gasteiger partial charge >= 0.3 is 0 Å². The van der Waals surface area contributed by atoms with E-state index >= 15 is 0 Å². The number of aromatic hydroxyl groups is 5. The minimum atomic E-state index is 0.133. The van der Waals surface area contributed by atoms with Gasteiger partial charge in [0.2, 0.25) is 0 Å². The Kier molecular flexibility index (Phi) is 7.26. The Hall–Kier alpha value is -4.90. The van der Waals surface area contributed by atoms with Crippen LogP contribution in [0, 0.1) is 20.8 Å². The fraction of sp³-hybridized carbons (Fsp3) is 0.211. The van der Waals surface area contributed by atoms with Gasteiger partial charge in [0, 0.05) is 32.1 Å². The summed E-state index contributed by atoms with van der Waals surface area (Å²) in [7, 11) is 0. The van der Waals surface area contributed by atoms with Crippen molar-refractivity contribution < 1.29 is 25.5 Å². The van der Waals surface area contributed by atoms with Gasteiger partial charge in [0.05, 0.1) is 0 Å². The van der Waals surface area contributed by atoms with Gasteiger partial charge in [-0.05, 0) is 76.4 Å². The minimum Gasteiger partial charge on any atom is -0.507 e. The maximum absolute atomic E-state index is 11.4. The number of aryl methyl sites for hydroxylation is 3. The molecule has 5 heteroatoms. The second kappa shape index (κ2) is 11.1. The number of rotatable bonds is 0. The molecule has 0 unspecified atom stereocenters.